The van der Waals surface area contributed by atoms with E-state index in [2.05, 4.69) is 20.5 Å². The Morgan fingerprint density at radius 2 is 2.03 bits per heavy atom. The van der Waals surface area contributed by atoms with E-state index in [1.807, 2.05) is 12.1 Å². The highest BCUT2D eigenvalue weighted by Gasteiger charge is 2.23. The summed E-state index contributed by atoms with van der Waals surface area (Å²) in [6.07, 6.45) is 3.39. The number of halogens is 1. The highest BCUT2D eigenvalue weighted by Crippen LogP contribution is 2.32. The third kappa shape index (κ3) is 3.49. The van der Waals surface area contributed by atoms with Gasteiger partial charge >= 0.3 is 0 Å². The Labute approximate surface area is 169 Å². The third-order valence-corrected chi connectivity index (χ3v) is 5.36. The molecule has 0 unspecified atom stereocenters. The van der Waals surface area contributed by atoms with Crippen LogP contribution in [0.1, 0.15) is 12.6 Å². The van der Waals surface area contributed by atoms with Gasteiger partial charge in [-0.25, -0.2) is 9.37 Å². The number of benzene rings is 1. The van der Waals surface area contributed by atoms with Gasteiger partial charge in [-0.15, -0.1) is 0 Å². The van der Waals surface area contributed by atoms with Gasteiger partial charge in [0, 0.05) is 67.2 Å². The molecule has 2 aromatic rings. The molecular formula is C22H24FN5O. The average molecular weight is 393 g/mol. The molecule has 2 heterocycles. The minimum absolute atomic E-state index is 0.00653. The summed E-state index contributed by atoms with van der Waals surface area (Å²) in [5, 5.41) is 25.7. The fourth-order valence-electron chi connectivity index (χ4n) is 3.73. The lowest BCUT2D eigenvalue weighted by Crippen LogP contribution is -2.43. The Balaban J connectivity index is 1.77. The van der Waals surface area contributed by atoms with Crippen LogP contribution in [0.25, 0.3) is 16.5 Å². The van der Waals surface area contributed by atoms with Crippen LogP contribution in [0.2, 0.25) is 0 Å². The molecule has 0 saturated carbocycles. The molecule has 6 nitrogen and oxygen atoms in total. The fraction of sp³-hybridized carbons (Fsp3) is 0.273. The van der Waals surface area contributed by atoms with Crippen molar-refractivity contribution in [2.75, 3.05) is 38.1 Å². The minimum Gasteiger partial charge on any atom is -0.507 e. The molecule has 0 amide bonds. The summed E-state index contributed by atoms with van der Waals surface area (Å²) in [6, 6.07) is 7.10. The topological polar surface area (TPSA) is 84.3 Å². The molecule has 4 rings (SSSR count). The third-order valence-electron chi connectivity index (χ3n) is 5.36. The first-order valence-corrected chi connectivity index (χ1v) is 9.64. The van der Waals surface area contributed by atoms with Crippen LogP contribution < -0.4 is 15.5 Å². The van der Waals surface area contributed by atoms with Crippen molar-refractivity contribution < 1.29 is 9.50 Å². The molecule has 7 heteroatoms. The smallest absolute Gasteiger partial charge is 0.151 e. The number of fused-ring (bicyclic) bond motifs is 1. The van der Waals surface area contributed by atoms with Gasteiger partial charge in [-0.3, -0.25) is 5.41 Å². The number of rotatable bonds is 3. The zero-order valence-corrected chi connectivity index (χ0v) is 16.5. The van der Waals surface area contributed by atoms with Gasteiger partial charge in [-0.05, 0) is 31.2 Å². The second-order valence-electron chi connectivity index (χ2n) is 7.23. The maximum atomic E-state index is 14.9. The maximum Gasteiger partial charge on any atom is 0.151 e. The van der Waals surface area contributed by atoms with Gasteiger partial charge in [0.05, 0.1) is 11.4 Å². The number of nitrogens with one attached hydrogen (secondary N) is 3. The van der Waals surface area contributed by atoms with E-state index in [1.54, 1.807) is 32.3 Å². The van der Waals surface area contributed by atoms with Crippen LogP contribution in [0.3, 0.4) is 0 Å². The molecule has 29 heavy (non-hydrogen) atoms. The quantitative estimate of drug-likeness (QED) is 0.644. The minimum atomic E-state index is -0.381. The lowest BCUT2D eigenvalue weighted by molar-refractivity contribution is 0.433. The van der Waals surface area contributed by atoms with Crippen LogP contribution >= 0.6 is 0 Å². The molecule has 1 fully saturated rings. The largest absolute Gasteiger partial charge is 0.507 e. The van der Waals surface area contributed by atoms with Gasteiger partial charge in [0.15, 0.2) is 5.82 Å². The number of piperazine rings is 1. The first-order valence-electron chi connectivity index (χ1n) is 9.64. The van der Waals surface area contributed by atoms with Crippen molar-refractivity contribution in [2.24, 2.45) is 0 Å². The Hall–Kier alpha value is -3.19. The second-order valence-corrected chi connectivity index (χ2v) is 7.23. The normalized spacial score (nSPS) is 19.1. The van der Waals surface area contributed by atoms with Gasteiger partial charge in [0.1, 0.15) is 11.3 Å². The van der Waals surface area contributed by atoms with Crippen molar-refractivity contribution in [1.29, 1.82) is 5.41 Å². The number of hydrogen-bond donors (Lipinski definition) is 4. The van der Waals surface area contributed by atoms with Gasteiger partial charge in [0.2, 0.25) is 0 Å². The van der Waals surface area contributed by atoms with Crippen LogP contribution in [0.4, 0.5) is 10.1 Å². The first kappa shape index (κ1) is 19.1. The van der Waals surface area contributed by atoms with Gasteiger partial charge in [-0.2, -0.15) is 0 Å². The van der Waals surface area contributed by atoms with Crippen molar-refractivity contribution in [3.63, 3.8) is 0 Å². The Kier molecular flexibility index (Phi) is 5.07. The molecule has 1 aromatic carbocycles. The summed E-state index contributed by atoms with van der Waals surface area (Å²) in [7, 11) is 1.75. The molecule has 0 bridgehead atoms. The standard InChI is InChI=1S/C22H24FN5O/c1-13-20(24)15(12-25-2)10-17(22(13)29)19-4-3-14-9-16(11-18(23)21(14)27-19)28-7-5-26-6-8-28/h3-4,9-12,24-26,29H,5-8H2,1-2H3/b15-12-,24-20?. The maximum absolute atomic E-state index is 14.9. The number of hydrogen-bond acceptors (Lipinski definition) is 6. The molecule has 0 atom stereocenters. The van der Waals surface area contributed by atoms with E-state index in [-0.39, 0.29) is 22.8 Å². The number of nitrogens with zero attached hydrogens (tertiary/aromatic N) is 2. The lowest BCUT2D eigenvalue weighted by Gasteiger charge is -2.29. The van der Waals surface area contributed by atoms with E-state index in [0.717, 1.165) is 37.3 Å². The molecule has 2 aliphatic rings. The van der Waals surface area contributed by atoms with Crippen molar-refractivity contribution >= 4 is 27.9 Å². The predicted molar refractivity (Wildman–Crippen MR) is 115 cm³/mol. The molecular weight excluding hydrogens is 369 g/mol. The Bertz CT molecular complexity index is 1080. The van der Waals surface area contributed by atoms with E-state index >= 15 is 0 Å². The van der Waals surface area contributed by atoms with Crippen molar-refractivity contribution in [2.45, 2.75) is 6.92 Å². The molecule has 0 radical (unpaired) electrons. The van der Waals surface area contributed by atoms with Crippen LogP contribution in [0.15, 0.2) is 53.4 Å². The van der Waals surface area contributed by atoms with E-state index < -0.39 is 0 Å². The summed E-state index contributed by atoms with van der Waals surface area (Å²) >= 11 is 0. The van der Waals surface area contributed by atoms with E-state index in [1.165, 1.54) is 6.07 Å². The number of aliphatic hydroxyl groups excluding tert-OH is 1. The molecule has 0 spiro atoms. The van der Waals surface area contributed by atoms with E-state index in [0.29, 0.717) is 22.4 Å². The predicted octanol–water partition coefficient (Wildman–Crippen LogP) is 3.14. The Morgan fingerprint density at radius 1 is 1.28 bits per heavy atom. The summed E-state index contributed by atoms with van der Waals surface area (Å²) in [4.78, 5) is 6.66. The van der Waals surface area contributed by atoms with Gasteiger partial charge < -0.3 is 20.6 Å². The van der Waals surface area contributed by atoms with Crippen molar-refractivity contribution in [3.05, 3.63) is 65.0 Å². The molecule has 1 aromatic heterocycles. The summed E-state index contributed by atoms with van der Waals surface area (Å²) < 4.78 is 14.9. The highest BCUT2D eigenvalue weighted by atomic mass is 19.1. The highest BCUT2D eigenvalue weighted by molar-refractivity contribution is 6.17. The van der Waals surface area contributed by atoms with Crippen molar-refractivity contribution in [1.82, 2.24) is 15.6 Å². The van der Waals surface area contributed by atoms with Crippen LogP contribution in [-0.4, -0.2) is 49.0 Å². The summed E-state index contributed by atoms with van der Waals surface area (Å²) in [5.74, 6) is -0.388. The summed E-state index contributed by atoms with van der Waals surface area (Å²) in [6.45, 7) is 5.14. The van der Waals surface area contributed by atoms with Crippen LogP contribution in [-0.2, 0) is 0 Å². The first-order chi connectivity index (χ1) is 14.0. The van der Waals surface area contributed by atoms with Gasteiger partial charge in [-0.1, -0.05) is 6.07 Å². The average Bonchev–Trinajstić information content (AvgIpc) is 2.74. The summed E-state index contributed by atoms with van der Waals surface area (Å²) in [5.41, 5.74) is 3.41. The van der Waals surface area contributed by atoms with Crippen LogP contribution in [0, 0.1) is 11.2 Å². The SMILES string of the molecule is CN/C=C1/C=C(c2ccc3cc(N4CCNCC4)cc(F)c3n2)C(O)=C(C)C1=N. The number of pyridine rings is 1. The number of aliphatic hydroxyl groups is 1. The zero-order valence-electron chi connectivity index (χ0n) is 16.5. The second kappa shape index (κ2) is 7.67. The van der Waals surface area contributed by atoms with Gasteiger partial charge in [0.25, 0.3) is 0 Å². The lowest BCUT2D eigenvalue weighted by atomic mass is 9.91. The molecule has 1 aliphatic heterocycles. The van der Waals surface area contributed by atoms with E-state index in [4.69, 9.17) is 5.41 Å². The van der Waals surface area contributed by atoms with Crippen molar-refractivity contribution in [3.8, 4) is 0 Å². The molecule has 1 saturated heterocycles. The number of anilines is 1. The zero-order chi connectivity index (χ0) is 20.5. The molecule has 4 N–H and O–H groups in total. The van der Waals surface area contributed by atoms with Crippen LogP contribution in [0.5, 0.6) is 0 Å². The van der Waals surface area contributed by atoms with E-state index in [9.17, 15) is 9.50 Å². The molecule has 150 valence electrons. The fourth-order valence-corrected chi connectivity index (χ4v) is 3.73. The number of aromatic nitrogens is 1. The number of allylic oxidation sites excluding steroid dienone is 4. The Morgan fingerprint density at radius 3 is 2.76 bits per heavy atom. The molecule has 1 aliphatic carbocycles. The monoisotopic (exact) mass is 393 g/mol.